The fourth-order valence-electron chi connectivity index (χ4n) is 3.63. The van der Waals surface area contributed by atoms with Crippen LogP contribution in [0.2, 0.25) is 5.02 Å². The minimum absolute atomic E-state index is 0.129. The molecule has 0 spiro atoms. The van der Waals surface area contributed by atoms with Gasteiger partial charge in [0.25, 0.3) is 0 Å². The van der Waals surface area contributed by atoms with E-state index in [0.29, 0.717) is 5.92 Å². The Morgan fingerprint density at radius 3 is 2.79 bits per heavy atom. The number of nitrogens with one attached hydrogen (secondary N) is 1. The minimum atomic E-state index is 0.129. The Bertz CT molecular complexity index is 713. The lowest BCUT2D eigenvalue weighted by atomic mass is 9.93. The zero-order valence-electron chi connectivity index (χ0n) is 14.8. The predicted octanol–water partition coefficient (Wildman–Crippen LogP) is 4.12. The maximum absolute atomic E-state index is 6.31. The molecule has 3 rings (SSSR count). The quantitative estimate of drug-likeness (QED) is 0.884. The first-order valence-corrected chi connectivity index (χ1v) is 8.96. The van der Waals surface area contributed by atoms with Crippen molar-refractivity contribution in [3.05, 3.63) is 51.8 Å². The second kappa shape index (κ2) is 7.26. The second-order valence-electron chi connectivity index (χ2n) is 6.70. The highest BCUT2D eigenvalue weighted by molar-refractivity contribution is 6.31. The number of benzene rings is 1. The molecule has 0 saturated carbocycles. The summed E-state index contributed by atoms with van der Waals surface area (Å²) in [6, 6.07) is 8.24. The first-order valence-electron chi connectivity index (χ1n) is 8.58. The van der Waals surface area contributed by atoms with Crippen molar-refractivity contribution in [2.45, 2.75) is 39.3 Å². The third-order valence-electron chi connectivity index (χ3n) is 5.12. The number of aryl methyl sites for hydroxylation is 2. The van der Waals surface area contributed by atoms with Crippen LogP contribution in [-0.2, 0) is 11.8 Å². The summed E-state index contributed by atoms with van der Waals surface area (Å²) >= 11 is 6.31. The van der Waals surface area contributed by atoms with E-state index in [1.165, 1.54) is 11.3 Å². The number of hydrogen-bond acceptors (Lipinski definition) is 3. The smallest absolute Gasteiger partial charge is 0.0901 e. The van der Waals surface area contributed by atoms with E-state index in [4.69, 9.17) is 16.3 Å². The van der Waals surface area contributed by atoms with Crippen molar-refractivity contribution in [1.82, 2.24) is 15.1 Å². The molecule has 0 unspecified atom stereocenters. The molecule has 1 aromatic heterocycles. The van der Waals surface area contributed by atoms with Crippen molar-refractivity contribution in [3.8, 4) is 0 Å². The summed E-state index contributed by atoms with van der Waals surface area (Å²) < 4.78 is 8.02. The fraction of sp³-hybridized carbons (Fsp3) is 0.526. The summed E-state index contributed by atoms with van der Waals surface area (Å²) in [4.78, 5) is 0. The number of rotatable bonds is 5. The average Bonchev–Trinajstić information content (AvgIpc) is 3.10. The first-order chi connectivity index (χ1) is 11.5. The topological polar surface area (TPSA) is 39.1 Å². The van der Waals surface area contributed by atoms with Crippen molar-refractivity contribution >= 4 is 11.6 Å². The molecule has 1 aromatic carbocycles. The molecule has 1 aliphatic rings. The highest BCUT2D eigenvalue weighted by Crippen LogP contribution is 2.37. The maximum atomic E-state index is 6.31. The Hall–Kier alpha value is -1.36. The normalized spacial score (nSPS) is 22.0. The van der Waals surface area contributed by atoms with Crippen LogP contribution in [0.5, 0.6) is 0 Å². The molecule has 0 amide bonds. The largest absolute Gasteiger partial charge is 0.373 e. The number of nitrogens with zero attached hydrogens (tertiary/aromatic N) is 2. The van der Waals surface area contributed by atoms with Gasteiger partial charge < -0.3 is 10.1 Å². The van der Waals surface area contributed by atoms with E-state index >= 15 is 0 Å². The molecule has 2 aromatic rings. The molecule has 1 N–H and O–H groups in total. The molecular weight excluding hydrogens is 322 g/mol. The third-order valence-corrected chi connectivity index (χ3v) is 5.47. The van der Waals surface area contributed by atoms with Crippen LogP contribution in [-0.4, -0.2) is 22.9 Å². The SMILES string of the molecule is Cc1nn(C)c(C)c1[C@@H]1OCC[C@H]1CN[C@@H](C)c1ccccc1Cl. The van der Waals surface area contributed by atoms with E-state index in [0.717, 1.165) is 35.9 Å². The van der Waals surface area contributed by atoms with Crippen molar-refractivity contribution in [2.24, 2.45) is 13.0 Å². The molecule has 130 valence electrons. The van der Waals surface area contributed by atoms with Crippen LogP contribution in [0.25, 0.3) is 0 Å². The zero-order valence-corrected chi connectivity index (χ0v) is 15.6. The first kappa shape index (κ1) is 17.5. The van der Waals surface area contributed by atoms with Gasteiger partial charge in [0.15, 0.2) is 0 Å². The predicted molar refractivity (Wildman–Crippen MR) is 97.4 cm³/mol. The average molecular weight is 348 g/mol. The zero-order chi connectivity index (χ0) is 17.3. The summed E-state index contributed by atoms with van der Waals surface area (Å²) in [5.74, 6) is 0.455. The molecule has 0 bridgehead atoms. The summed E-state index contributed by atoms with van der Waals surface area (Å²) in [5, 5.41) is 8.99. The summed E-state index contributed by atoms with van der Waals surface area (Å²) in [7, 11) is 1.99. The molecule has 1 aliphatic heterocycles. The summed E-state index contributed by atoms with van der Waals surface area (Å²) in [5.41, 5.74) is 4.67. The van der Waals surface area contributed by atoms with Crippen molar-refractivity contribution < 1.29 is 4.74 Å². The third kappa shape index (κ3) is 3.37. The van der Waals surface area contributed by atoms with Gasteiger partial charge >= 0.3 is 0 Å². The van der Waals surface area contributed by atoms with Crippen LogP contribution >= 0.6 is 11.6 Å². The highest BCUT2D eigenvalue weighted by Gasteiger charge is 2.33. The van der Waals surface area contributed by atoms with Gasteiger partial charge in [-0.25, -0.2) is 0 Å². The number of ether oxygens (including phenoxy) is 1. The van der Waals surface area contributed by atoms with Crippen LogP contribution < -0.4 is 5.32 Å². The molecule has 24 heavy (non-hydrogen) atoms. The molecule has 0 aliphatic carbocycles. The molecule has 0 radical (unpaired) electrons. The monoisotopic (exact) mass is 347 g/mol. The molecule has 1 saturated heterocycles. The van der Waals surface area contributed by atoms with E-state index in [2.05, 4.69) is 37.3 Å². The number of aromatic nitrogens is 2. The molecule has 1 fully saturated rings. The lowest BCUT2D eigenvalue weighted by Crippen LogP contribution is -2.28. The number of hydrogen-bond donors (Lipinski definition) is 1. The Kier molecular flexibility index (Phi) is 5.28. The standard InChI is InChI=1S/C19H26ClN3O/c1-12(16-7-5-6-8-17(16)20)21-11-15-9-10-24-19(15)18-13(2)22-23(4)14(18)3/h5-8,12,15,19,21H,9-11H2,1-4H3/t12-,15-,19+/m0/s1. The van der Waals surface area contributed by atoms with E-state index in [1.54, 1.807) is 0 Å². The van der Waals surface area contributed by atoms with Gasteiger partial charge in [0.05, 0.1) is 11.8 Å². The molecule has 5 heteroatoms. The van der Waals surface area contributed by atoms with Crippen LogP contribution in [0.4, 0.5) is 0 Å². The second-order valence-corrected chi connectivity index (χ2v) is 7.11. The Balaban J connectivity index is 1.70. The lowest BCUT2D eigenvalue weighted by molar-refractivity contribution is 0.0888. The van der Waals surface area contributed by atoms with Crippen molar-refractivity contribution in [3.63, 3.8) is 0 Å². The van der Waals surface area contributed by atoms with Crippen LogP contribution in [0.1, 0.15) is 48.0 Å². The van der Waals surface area contributed by atoms with Gasteiger partial charge in [-0.3, -0.25) is 4.68 Å². The lowest BCUT2D eigenvalue weighted by Gasteiger charge is -2.23. The van der Waals surface area contributed by atoms with Crippen molar-refractivity contribution in [2.75, 3.05) is 13.2 Å². The van der Waals surface area contributed by atoms with E-state index in [9.17, 15) is 0 Å². The fourth-order valence-corrected chi connectivity index (χ4v) is 3.93. The molecule has 2 heterocycles. The van der Waals surface area contributed by atoms with Gasteiger partial charge in [0, 0.05) is 48.4 Å². The van der Waals surface area contributed by atoms with E-state index in [1.807, 2.05) is 29.9 Å². The van der Waals surface area contributed by atoms with Crippen LogP contribution in [0.15, 0.2) is 24.3 Å². The Morgan fingerprint density at radius 2 is 2.12 bits per heavy atom. The summed E-state index contributed by atoms with van der Waals surface area (Å²) in [6.07, 6.45) is 1.20. The summed E-state index contributed by atoms with van der Waals surface area (Å²) in [6.45, 7) is 8.07. The molecular formula is C19H26ClN3O. The van der Waals surface area contributed by atoms with Gasteiger partial charge in [0.1, 0.15) is 0 Å². The van der Waals surface area contributed by atoms with E-state index < -0.39 is 0 Å². The minimum Gasteiger partial charge on any atom is -0.373 e. The van der Waals surface area contributed by atoms with Gasteiger partial charge in [-0.05, 0) is 38.8 Å². The molecule has 3 atom stereocenters. The van der Waals surface area contributed by atoms with Gasteiger partial charge in [-0.2, -0.15) is 5.10 Å². The highest BCUT2D eigenvalue weighted by atomic mass is 35.5. The number of halogens is 1. The van der Waals surface area contributed by atoms with Gasteiger partial charge in [-0.1, -0.05) is 29.8 Å². The van der Waals surface area contributed by atoms with Crippen LogP contribution in [0.3, 0.4) is 0 Å². The Labute approximate surface area is 149 Å². The Morgan fingerprint density at radius 1 is 1.38 bits per heavy atom. The maximum Gasteiger partial charge on any atom is 0.0901 e. The van der Waals surface area contributed by atoms with Gasteiger partial charge in [-0.15, -0.1) is 0 Å². The van der Waals surface area contributed by atoms with Crippen LogP contribution in [0, 0.1) is 19.8 Å². The molecule has 4 nitrogen and oxygen atoms in total. The van der Waals surface area contributed by atoms with Gasteiger partial charge in [0.2, 0.25) is 0 Å². The van der Waals surface area contributed by atoms with E-state index in [-0.39, 0.29) is 12.1 Å². The van der Waals surface area contributed by atoms with Crippen molar-refractivity contribution in [1.29, 1.82) is 0 Å².